The second-order valence-corrected chi connectivity index (χ2v) is 3.65. The summed E-state index contributed by atoms with van der Waals surface area (Å²) in [7, 11) is 0. The number of nitrogens with zero attached hydrogens (tertiary/aromatic N) is 1. The van der Waals surface area contributed by atoms with E-state index >= 15 is 0 Å². The van der Waals surface area contributed by atoms with Crippen LogP contribution in [0.1, 0.15) is 33.1 Å². The van der Waals surface area contributed by atoms with E-state index in [0.29, 0.717) is 6.04 Å². The lowest BCUT2D eigenvalue weighted by Crippen LogP contribution is -2.25. The van der Waals surface area contributed by atoms with Crippen molar-refractivity contribution in [3.05, 3.63) is 12.7 Å². The van der Waals surface area contributed by atoms with Crippen molar-refractivity contribution >= 4 is 0 Å². The average Bonchev–Trinajstić information content (AvgIpc) is 2.10. The van der Waals surface area contributed by atoms with Gasteiger partial charge in [-0.05, 0) is 32.9 Å². The van der Waals surface area contributed by atoms with Crippen molar-refractivity contribution in [1.82, 2.24) is 4.90 Å². The van der Waals surface area contributed by atoms with Crippen LogP contribution in [0.3, 0.4) is 0 Å². The summed E-state index contributed by atoms with van der Waals surface area (Å²) in [6.45, 7) is 11.3. The fourth-order valence-corrected chi connectivity index (χ4v) is 1.36. The van der Waals surface area contributed by atoms with Gasteiger partial charge < -0.3 is 5.73 Å². The largest absolute Gasteiger partial charge is 0.328 e. The van der Waals surface area contributed by atoms with Crippen LogP contribution in [0.2, 0.25) is 0 Å². The molecule has 0 heterocycles. The number of unbranched alkanes of at least 4 members (excludes halogenated alkanes) is 1. The molecule has 0 aliphatic heterocycles. The van der Waals surface area contributed by atoms with Gasteiger partial charge >= 0.3 is 0 Å². The van der Waals surface area contributed by atoms with Gasteiger partial charge in [0.05, 0.1) is 0 Å². The Labute approximate surface area is 82.8 Å². The number of hydrogen-bond donors (Lipinski definition) is 1. The highest BCUT2D eigenvalue weighted by atomic mass is 15.1. The van der Waals surface area contributed by atoms with E-state index in [9.17, 15) is 0 Å². The maximum absolute atomic E-state index is 5.67. The molecule has 0 radical (unpaired) electrons. The fourth-order valence-electron chi connectivity index (χ4n) is 1.36. The maximum Gasteiger partial charge on any atom is 0.0160 e. The van der Waals surface area contributed by atoms with Gasteiger partial charge in [0.25, 0.3) is 0 Å². The van der Waals surface area contributed by atoms with Gasteiger partial charge in [0, 0.05) is 12.6 Å². The van der Waals surface area contributed by atoms with Crippen LogP contribution >= 0.6 is 0 Å². The lowest BCUT2D eigenvalue weighted by Gasteiger charge is -2.18. The van der Waals surface area contributed by atoms with Gasteiger partial charge in [-0.25, -0.2) is 0 Å². The first-order valence-corrected chi connectivity index (χ1v) is 5.29. The number of hydrogen-bond acceptors (Lipinski definition) is 2. The van der Waals surface area contributed by atoms with Crippen LogP contribution in [0, 0.1) is 0 Å². The summed E-state index contributed by atoms with van der Waals surface area (Å²) in [5.74, 6) is 0. The molecular formula is C11H24N2. The predicted octanol–water partition coefficient (Wildman–Crippen LogP) is 2.01. The molecule has 1 atom stereocenters. The molecule has 0 rings (SSSR count). The SMILES string of the molecule is C=CCN(CC)CCCCC(C)N. The summed E-state index contributed by atoms with van der Waals surface area (Å²) in [6, 6.07) is 0.356. The molecule has 2 heteroatoms. The van der Waals surface area contributed by atoms with Crippen LogP contribution < -0.4 is 5.73 Å². The molecular weight excluding hydrogens is 160 g/mol. The first kappa shape index (κ1) is 12.7. The molecule has 1 unspecified atom stereocenters. The smallest absolute Gasteiger partial charge is 0.0160 e. The van der Waals surface area contributed by atoms with Crippen LogP contribution in [0.5, 0.6) is 0 Å². The third kappa shape index (κ3) is 8.00. The first-order valence-electron chi connectivity index (χ1n) is 5.29. The van der Waals surface area contributed by atoms with E-state index in [1.807, 2.05) is 6.08 Å². The van der Waals surface area contributed by atoms with E-state index in [1.165, 1.54) is 19.4 Å². The zero-order valence-corrected chi connectivity index (χ0v) is 9.13. The van der Waals surface area contributed by atoms with Crippen molar-refractivity contribution < 1.29 is 0 Å². The zero-order chi connectivity index (χ0) is 10.1. The van der Waals surface area contributed by atoms with Crippen LogP contribution in [-0.4, -0.2) is 30.6 Å². The number of nitrogens with two attached hydrogens (primary N) is 1. The molecule has 0 aromatic heterocycles. The van der Waals surface area contributed by atoms with Crippen molar-refractivity contribution in [3.63, 3.8) is 0 Å². The molecule has 0 amide bonds. The van der Waals surface area contributed by atoms with Crippen molar-refractivity contribution in [2.75, 3.05) is 19.6 Å². The molecule has 0 aromatic rings. The normalized spacial score (nSPS) is 13.2. The summed E-state index contributed by atoms with van der Waals surface area (Å²) in [4.78, 5) is 2.40. The first-order chi connectivity index (χ1) is 6.20. The van der Waals surface area contributed by atoms with Crippen molar-refractivity contribution in [2.45, 2.75) is 39.2 Å². The Bertz CT molecular complexity index is 121. The molecule has 0 saturated heterocycles. The molecule has 2 nitrogen and oxygen atoms in total. The van der Waals surface area contributed by atoms with Crippen molar-refractivity contribution in [3.8, 4) is 0 Å². The van der Waals surface area contributed by atoms with Gasteiger partial charge in [-0.1, -0.05) is 19.4 Å². The quantitative estimate of drug-likeness (QED) is 0.462. The molecule has 0 aromatic carbocycles. The Morgan fingerprint density at radius 2 is 2.15 bits per heavy atom. The molecule has 2 N–H and O–H groups in total. The standard InChI is InChI=1S/C11H24N2/c1-4-9-13(5-2)10-7-6-8-11(3)12/h4,11H,1,5-10,12H2,2-3H3. The highest BCUT2D eigenvalue weighted by Crippen LogP contribution is 2.00. The summed E-state index contributed by atoms with van der Waals surface area (Å²) in [6.07, 6.45) is 5.61. The third-order valence-corrected chi connectivity index (χ3v) is 2.22. The minimum atomic E-state index is 0.356. The summed E-state index contributed by atoms with van der Waals surface area (Å²) >= 11 is 0. The monoisotopic (exact) mass is 184 g/mol. The van der Waals surface area contributed by atoms with Gasteiger partial charge in [0.15, 0.2) is 0 Å². The van der Waals surface area contributed by atoms with Crippen molar-refractivity contribution in [1.29, 1.82) is 0 Å². The zero-order valence-electron chi connectivity index (χ0n) is 9.13. The Morgan fingerprint density at radius 1 is 1.46 bits per heavy atom. The topological polar surface area (TPSA) is 29.3 Å². The molecule has 0 spiro atoms. The Kier molecular flexibility index (Phi) is 8.05. The van der Waals surface area contributed by atoms with E-state index in [2.05, 4.69) is 25.3 Å². The molecule has 13 heavy (non-hydrogen) atoms. The Hall–Kier alpha value is -0.340. The van der Waals surface area contributed by atoms with Gasteiger partial charge in [-0.3, -0.25) is 4.90 Å². The molecule has 0 aliphatic carbocycles. The van der Waals surface area contributed by atoms with Crippen LogP contribution in [0.15, 0.2) is 12.7 Å². The summed E-state index contributed by atoms with van der Waals surface area (Å²) in [5, 5.41) is 0. The Balaban J connectivity index is 3.32. The lowest BCUT2D eigenvalue weighted by atomic mass is 10.1. The minimum absolute atomic E-state index is 0.356. The molecule has 0 bridgehead atoms. The van der Waals surface area contributed by atoms with Crippen LogP contribution in [0.4, 0.5) is 0 Å². The Morgan fingerprint density at radius 3 is 2.62 bits per heavy atom. The van der Waals surface area contributed by atoms with Crippen LogP contribution in [0.25, 0.3) is 0 Å². The van der Waals surface area contributed by atoms with Gasteiger partial charge in [-0.15, -0.1) is 6.58 Å². The third-order valence-electron chi connectivity index (χ3n) is 2.22. The second kappa shape index (κ2) is 8.27. The predicted molar refractivity (Wildman–Crippen MR) is 59.8 cm³/mol. The summed E-state index contributed by atoms with van der Waals surface area (Å²) in [5.41, 5.74) is 5.67. The van der Waals surface area contributed by atoms with E-state index in [4.69, 9.17) is 5.73 Å². The van der Waals surface area contributed by atoms with Crippen molar-refractivity contribution in [2.24, 2.45) is 5.73 Å². The fraction of sp³-hybridized carbons (Fsp3) is 0.818. The minimum Gasteiger partial charge on any atom is -0.328 e. The molecule has 0 fully saturated rings. The molecule has 0 aliphatic rings. The number of likely N-dealkylation sites (N-methyl/N-ethyl adjacent to an activating group) is 1. The summed E-state index contributed by atoms with van der Waals surface area (Å²) < 4.78 is 0. The highest BCUT2D eigenvalue weighted by Gasteiger charge is 1.99. The van der Waals surface area contributed by atoms with Gasteiger partial charge in [-0.2, -0.15) is 0 Å². The van der Waals surface area contributed by atoms with E-state index in [0.717, 1.165) is 19.5 Å². The number of rotatable bonds is 8. The van der Waals surface area contributed by atoms with Gasteiger partial charge in [0.2, 0.25) is 0 Å². The van der Waals surface area contributed by atoms with Crippen LogP contribution in [-0.2, 0) is 0 Å². The van der Waals surface area contributed by atoms with E-state index in [1.54, 1.807) is 0 Å². The lowest BCUT2D eigenvalue weighted by molar-refractivity contribution is 0.309. The van der Waals surface area contributed by atoms with Gasteiger partial charge in [0.1, 0.15) is 0 Å². The van der Waals surface area contributed by atoms with E-state index in [-0.39, 0.29) is 0 Å². The van der Waals surface area contributed by atoms with E-state index < -0.39 is 0 Å². The molecule has 78 valence electrons. The maximum atomic E-state index is 5.67. The average molecular weight is 184 g/mol. The second-order valence-electron chi connectivity index (χ2n) is 3.65. The highest BCUT2D eigenvalue weighted by molar-refractivity contribution is 4.72. The molecule has 0 saturated carbocycles.